The van der Waals surface area contributed by atoms with Gasteiger partial charge in [-0.2, -0.15) is 0 Å². The highest BCUT2D eigenvalue weighted by Crippen LogP contribution is 2.22. The minimum absolute atomic E-state index is 0.733. The van der Waals surface area contributed by atoms with E-state index in [0.717, 1.165) is 28.8 Å². The Balaban J connectivity index is 2.59. The van der Waals surface area contributed by atoms with Gasteiger partial charge in [-0.05, 0) is 25.1 Å². The van der Waals surface area contributed by atoms with Crippen molar-refractivity contribution in [2.24, 2.45) is 7.05 Å². The molecule has 0 aliphatic carbocycles. The van der Waals surface area contributed by atoms with E-state index in [1.54, 1.807) is 12.4 Å². The largest absolute Gasteiger partial charge is 0.347 e. The summed E-state index contributed by atoms with van der Waals surface area (Å²) >= 11 is 0. The van der Waals surface area contributed by atoms with Crippen molar-refractivity contribution in [3.63, 3.8) is 0 Å². The lowest BCUT2D eigenvalue weighted by atomic mass is 10.2. The second-order valence-corrected chi connectivity index (χ2v) is 3.49. The summed E-state index contributed by atoms with van der Waals surface area (Å²) in [6, 6.07) is 5.76. The molecule has 0 atom stereocenters. The molecule has 0 radical (unpaired) electrons. The van der Waals surface area contributed by atoms with Gasteiger partial charge in [-0.3, -0.25) is 9.78 Å². The molecule has 0 amide bonds. The van der Waals surface area contributed by atoms with Crippen molar-refractivity contribution in [3.05, 3.63) is 41.9 Å². The van der Waals surface area contributed by atoms with E-state index in [9.17, 15) is 4.79 Å². The summed E-state index contributed by atoms with van der Waals surface area (Å²) in [5, 5.41) is 0. The number of carbonyl (C=O) groups excluding carboxylic acids is 1. The van der Waals surface area contributed by atoms with Gasteiger partial charge in [-0.15, -0.1) is 0 Å². The summed E-state index contributed by atoms with van der Waals surface area (Å²) in [6.45, 7) is 1.93. The Hall–Kier alpha value is -1.90. The van der Waals surface area contributed by atoms with Gasteiger partial charge in [0.2, 0.25) is 0 Å². The molecule has 0 aliphatic rings. The number of hydrogen-bond donors (Lipinski definition) is 0. The molecular weight excluding hydrogens is 188 g/mol. The van der Waals surface area contributed by atoms with Crippen LogP contribution < -0.4 is 0 Å². The summed E-state index contributed by atoms with van der Waals surface area (Å²) in [6.07, 6.45) is 4.42. The number of nitrogens with zero attached hydrogens (tertiary/aromatic N) is 2. The maximum absolute atomic E-state index is 10.8. The highest BCUT2D eigenvalue weighted by molar-refractivity contribution is 5.80. The zero-order valence-electron chi connectivity index (χ0n) is 8.77. The first kappa shape index (κ1) is 9.65. The van der Waals surface area contributed by atoms with E-state index < -0.39 is 0 Å². The van der Waals surface area contributed by atoms with Gasteiger partial charge in [0.25, 0.3) is 0 Å². The standard InChI is InChI=1S/C12H12N2O/c1-9-11(8-15)6-12(14(9)2)10-4-3-5-13-7-10/h3-8H,1-2H3. The molecule has 2 aromatic heterocycles. The molecule has 0 aromatic carbocycles. The molecule has 2 rings (SSSR count). The minimum Gasteiger partial charge on any atom is -0.347 e. The summed E-state index contributed by atoms with van der Waals surface area (Å²) in [4.78, 5) is 14.9. The zero-order chi connectivity index (χ0) is 10.8. The zero-order valence-corrected chi connectivity index (χ0v) is 8.77. The lowest BCUT2D eigenvalue weighted by Crippen LogP contribution is -1.94. The molecule has 0 fully saturated rings. The molecule has 3 heteroatoms. The van der Waals surface area contributed by atoms with Crippen LogP contribution in [0.15, 0.2) is 30.6 Å². The van der Waals surface area contributed by atoms with Gasteiger partial charge in [0, 0.05) is 36.3 Å². The summed E-state index contributed by atoms with van der Waals surface area (Å²) in [5.41, 5.74) is 3.75. The summed E-state index contributed by atoms with van der Waals surface area (Å²) in [5.74, 6) is 0. The van der Waals surface area contributed by atoms with Crippen molar-refractivity contribution in [2.75, 3.05) is 0 Å². The fourth-order valence-corrected chi connectivity index (χ4v) is 1.63. The fraction of sp³-hybridized carbons (Fsp3) is 0.167. The summed E-state index contributed by atoms with van der Waals surface area (Å²) < 4.78 is 2.00. The predicted molar refractivity (Wildman–Crippen MR) is 58.8 cm³/mol. The molecule has 76 valence electrons. The monoisotopic (exact) mass is 200 g/mol. The van der Waals surface area contributed by atoms with E-state index >= 15 is 0 Å². The van der Waals surface area contributed by atoms with Crippen molar-refractivity contribution in [2.45, 2.75) is 6.92 Å². The van der Waals surface area contributed by atoms with Gasteiger partial charge in [-0.25, -0.2) is 0 Å². The number of carbonyl (C=O) groups is 1. The Morgan fingerprint density at radius 2 is 2.27 bits per heavy atom. The molecule has 3 nitrogen and oxygen atoms in total. The van der Waals surface area contributed by atoms with E-state index in [4.69, 9.17) is 0 Å². The van der Waals surface area contributed by atoms with Crippen molar-refractivity contribution in [1.82, 2.24) is 9.55 Å². The molecule has 15 heavy (non-hydrogen) atoms. The van der Waals surface area contributed by atoms with Crippen molar-refractivity contribution >= 4 is 6.29 Å². The predicted octanol–water partition coefficient (Wildman–Crippen LogP) is 2.21. The third-order valence-corrected chi connectivity index (χ3v) is 2.66. The van der Waals surface area contributed by atoms with Gasteiger partial charge >= 0.3 is 0 Å². The maximum Gasteiger partial charge on any atom is 0.151 e. The van der Waals surface area contributed by atoms with Crippen LogP contribution in [-0.2, 0) is 7.05 Å². The van der Waals surface area contributed by atoms with Crippen molar-refractivity contribution in [1.29, 1.82) is 0 Å². The van der Waals surface area contributed by atoms with Crippen LogP contribution in [0.4, 0.5) is 0 Å². The van der Waals surface area contributed by atoms with Crippen LogP contribution in [0, 0.1) is 6.92 Å². The molecule has 0 aliphatic heterocycles. The molecule has 0 N–H and O–H groups in total. The minimum atomic E-state index is 0.733. The fourth-order valence-electron chi connectivity index (χ4n) is 1.63. The van der Waals surface area contributed by atoms with E-state index in [-0.39, 0.29) is 0 Å². The van der Waals surface area contributed by atoms with E-state index in [1.165, 1.54) is 0 Å². The normalized spacial score (nSPS) is 10.3. The van der Waals surface area contributed by atoms with Gasteiger partial charge in [-0.1, -0.05) is 0 Å². The van der Waals surface area contributed by atoms with Crippen LogP contribution in [0.25, 0.3) is 11.3 Å². The lowest BCUT2D eigenvalue weighted by molar-refractivity contribution is 0.112. The highest BCUT2D eigenvalue weighted by atomic mass is 16.1. The van der Waals surface area contributed by atoms with Crippen LogP contribution in [0.1, 0.15) is 16.1 Å². The van der Waals surface area contributed by atoms with Crippen LogP contribution >= 0.6 is 0 Å². The lowest BCUT2D eigenvalue weighted by Gasteiger charge is -2.03. The molecular formula is C12H12N2O. The van der Waals surface area contributed by atoms with Gasteiger partial charge < -0.3 is 4.57 Å². The van der Waals surface area contributed by atoms with Crippen LogP contribution in [0.2, 0.25) is 0 Å². The Bertz CT molecular complexity index is 486. The average molecular weight is 200 g/mol. The van der Waals surface area contributed by atoms with E-state index in [1.807, 2.05) is 36.7 Å². The molecule has 2 aromatic rings. The number of hydrogen-bond acceptors (Lipinski definition) is 2. The third-order valence-electron chi connectivity index (χ3n) is 2.66. The Labute approximate surface area is 88.4 Å². The molecule has 0 saturated carbocycles. The quantitative estimate of drug-likeness (QED) is 0.696. The number of aldehydes is 1. The molecule has 0 saturated heterocycles. The third kappa shape index (κ3) is 1.56. The van der Waals surface area contributed by atoms with Crippen LogP contribution in [0.5, 0.6) is 0 Å². The van der Waals surface area contributed by atoms with Crippen molar-refractivity contribution in [3.8, 4) is 11.3 Å². The van der Waals surface area contributed by atoms with E-state index in [2.05, 4.69) is 4.98 Å². The summed E-state index contributed by atoms with van der Waals surface area (Å²) in [7, 11) is 1.95. The van der Waals surface area contributed by atoms with Crippen LogP contribution in [0.3, 0.4) is 0 Å². The first-order valence-electron chi connectivity index (χ1n) is 4.76. The average Bonchev–Trinajstić information content (AvgIpc) is 2.57. The van der Waals surface area contributed by atoms with E-state index in [0.29, 0.717) is 0 Å². The second kappa shape index (κ2) is 3.69. The number of aromatic nitrogens is 2. The second-order valence-electron chi connectivity index (χ2n) is 3.49. The number of rotatable bonds is 2. The molecule has 0 unspecified atom stereocenters. The molecule has 0 bridgehead atoms. The number of pyridine rings is 1. The van der Waals surface area contributed by atoms with Gasteiger partial charge in [0.1, 0.15) is 0 Å². The van der Waals surface area contributed by atoms with Gasteiger partial charge in [0.05, 0.1) is 5.69 Å². The van der Waals surface area contributed by atoms with Gasteiger partial charge in [0.15, 0.2) is 6.29 Å². The Kier molecular flexibility index (Phi) is 2.37. The Morgan fingerprint density at radius 1 is 1.47 bits per heavy atom. The topological polar surface area (TPSA) is 34.9 Å². The van der Waals surface area contributed by atoms with Crippen molar-refractivity contribution < 1.29 is 4.79 Å². The first-order chi connectivity index (χ1) is 7.24. The Morgan fingerprint density at radius 3 is 2.80 bits per heavy atom. The van der Waals surface area contributed by atoms with Crippen LogP contribution in [-0.4, -0.2) is 15.8 Å². The first-order valence-corrected chi connectivity index (χ1v) is 4.76. The smallest absolute Gasteiger partial charge is 0.151 e. The maximum atomic E-state index is 10.8. The molecule has 2 heterocycles. The SMILES string of the molecule is Cc1c(C=O)cc(-c2cccnc2)n1C. The molecule has 0 spiro atoms. The highest BCUT2D eigenvalue weighted by Gasteiger charge is 2.09.